The van der Waals surface area contributed by atoms with Crippen molar-refractivity contribution < 1.29 is 9.90 Å². The topological polar surface area (TPSA) is 92.1 Å². The van der Waals surface area contributed by atoms with E-state index < -0.39 is 5.97 Å². The van der Waals surface area contributed by atoms with E-state index in [0.29, 0.717) is 17.5 Å². The average molecular weight is 241 g/mol. The van der Waals surface area contributed by atoms with E-state index in [4.69, 9.17) is 17.3 Å². The number of thiocarbonyl (C=S) groups is 1. The minimum Gasteiger partial charge on any atom is -0.480 e. The molecule has 0 unspecified atom stereocenters. The predicted molar refractivity (Wildman–Crippen MR) is 62.1 cm³/mol. The number of anilines is 1. The largest absolute Gasteiger partial charge is 0.480 e. The van der Waals surface area contributed by atoms with Crippen molar-refractivity contribution in [1.29, 1.82) is 0 Å². The molecule has 86 valence electrons. The van der Waals surface area contributed by atoms with Crippen molar-refractivity contribution in [3.63, 3.8) is 0 Å². The lowest BCUT2D eigenvalue weighted by Gasteiger charge is -2.04. The third-order valence-electron chi connectivity index (χ3n) is 1.46. The van der Waals surface area contributed by atoms with Gasteiger partial charge in [-0.05, 0) is 12.2 Å². The van der Waals surface area contributed by atoms with Crippen LogP contribution in [0.4, 0.5) is 5.82 Å². The first kappa shape index (κ1) is 12.1. The maximum absolute atomic E-state index is 10.4. The van der Waals surface area contributed by atoms with Gasteiger partial charge in [0.2, 0.25) is 0 Å². The molecule has 0 atom stereocenters. The van der Waals surface area contributed by atoms with E-state index in [9.17, 15) is 4.79 Å². The van der Waals surface area contributed by atoms with Gasteiger partial charge in [0, 0.05) is 6.54 Å². The van der Waals surface area contributed by atoms with Crippen molar-refractivity contribution in [2.45, 2.75) is 6.54 Å². The molecular formula is C8H11N5O2S. The van der Waals surface area contributed by atoms with E-state index in [0.717, 1.165) is 4.80 Å². The van der Waals surface area contributed by atoms with E-state index in [1.165, 1.54) is 6.20 Å². The van der Waals surface area contributed by atoms with Crippen LogP contribution in [0.5, 0.6) is 0 Å². The van der Waals surface area contributed by atoms with E-state index in [2.05, 4.69) is 27.4 Å². The van der Waals surface area contributed by atoms with Crippen molar-refractivity contribution in [2.75, 3.05) is 11.9 Å². The number of hydrogen-bond acceptors (Lipinski definition) is 4. The Morgan fingerprint density at radius 2 is 2.50 bits per heavy atom. The van der Waals surface area contributed by atoms with E-state index in [-0.39, 0.29) is 6.54 Å². The predicted octanol–water partition coefficient (Wildman–Crippen LogP) is -0.165. The molecular weight excluding hydrogens is 230 g/mol. The SMILES string of the molecule is C=CCNC(=S)Nc1cnn(CC(=O)O)n1. The zero-order valence-corrected chi connectivity index (χ0v) is 9.20. The van der Waals surface area contributed by atoms with Gasteiger partial charge in [-0.15, -0.1) is 11.7 Å². The first-order valence-corrected chi connectivity index (χ1v) is 4.80. The molecule has 0 saturated heterocycles. The van der Waals surface area contributed by atoms with Gasteiger partial charge in [-0.25, -0.2) is 0 Å². The highest BCUT2D eigenvalue weighted by atomic mass is 32.1. The van der Waals surface area contributed by atoms with Gasteiger partial charge in [-0.2, -0.15) is 9.90 Å². The molecule has 0 aliphatic heterocycles. The second kappa shape index (κ2) is 5.81. The fourth-order valence-electron chi connectivity index (χ4n) is 0.877. The molecule has 1 aromatic heterocycles. The molecule has 0 amide bonds. The summed E-state index contributed by atoms with van der Waals surface area (Å²) in [4.78, 5) is 11.4. The number of rotatable bonds is 5. The molecule has 16 heavy (non-hydrogen) atoms. The molecule has 0 aliphatic carbocycles. The molecule has 7 nitrogen and oxygen atoms in total. The van der Waals surface area contributed by atoms with Gasteiger partial charge in [0.05, 0.1) is 6.20 Å². The highest BCUT2D eigenvalue weighted by molar-refractivity contribution is 7.80. The quantitative estimate of drug-likeness (QED) is 0.487. The van der Waals surface area contributed by atoms with Gasteiger partial charge < -0.3 is 15.7 Å². The van der Waals surface area contributed by atoms with Crippen LogP contribution < -0.4 is 10.6 Å². The van der Waals surface area contributed by atoms with Crippen LogP contribution in [-0.2, 0) is 11.3 Å². The Morgan fingerprint density at radius 1 is 1.75 bits per heavy atom. The zero-order chi connectivity index (χ0) is 12.0. The first-order chi connectivity index (χ1) is 7.61. The summed E-state index contributed by atoms with van der Waals surface area (Å²) < 4.78 is 0. The van der Waals surface area contributed by atoms with Crippen LogP contribution in [0.15, 0.2) is 18.9 Å². The van der Waals surface area contributed by atoms with Crippen LogP contribution in [0.3, 0.4) is 0 Å². The van der Waals surface area contributed by atoms with Gasteiger partial charge in [0.15, 0.2) is 17.5 Å². The molecule has 8 heteroatoms. The lowest BCUT2D eigenvalue weighted by atomic mass is 10.6. The van der Waals surface area contributed by atoms with Crippen molar-refractivity contribution >= 4 is 29.1 Å². The molecule has 0 bridgehead atoms. The van der Waals surface area contributed by atoms with Crippen molar-refractivity contribution in [3.05, 3.63) is 18.9 Å². The number of nitrogens with zero attached hydrogens (tertiary/aromatic N) is 3. The highest BCUT2D eigenvalue weighted by Crippen LogP contribution is 1.98. The Kier molecular flexibility index (Phi) is 4.40. The Labute approximate surface area is 97.1 Å². The summed E-state index contributed by atoms with van der Waals surface area (Å²) >= 11 is 4.94. The first-order valence-electron chi connectivity index (χ1n) is 4.39. The summed E-state index contributed by atoms with van der Waals surface area (Å²) in [6.45, 7) is 3.78. The lowest BCUT2D eigenvalue weighted by Crippen LogP contribution is -2.28. The molecule has 0 fully saturated rings. The maximum Gasteiger partial charge on any atom is 0.327 e. The highest BCUT2D eigenvalue weighted by Gasteiger charge is 2.04. The summed E-state index contributed by atoms with van der Waals surface area (Å²) in [6.07, 6.45) is 3.06. The molecule has 3 N–H and O–H groups in total. The Hall–Kier alpha value is -1.96. The molecule has 0 aliphatic rings. The van der Waals surface area contributed by atoms with Crippen LogP contribution in [0, 0.1) is 0 Å². The van der Waals surface area contributed by atoms with Gasteiger partial charge in [0.1, 0.15) is 0 Å². The normalized spacial score (nSPS) is 9.50. The van der Waals surface area contributed by atoms with Crippen molar-refractivity contribution in [3.8, 4) is 0 Å². The monoisotopic (exact) mass is 241 g/mol. The number of aliphatic carboxylic acids is 1. The van der Waals surface area contributed by atoms with Gasteiger partial charge in [-0.3, -0.25) is 4.79 Å². The summed E-state index contributed by atoms with van der Waals surface area (Å²) in [6, 6.07) is 0. The number of aromatic nitrogens is 3. The lowest BCUT2D eigenvalue weighted by molar-refractivity contribution is -0.138. The Morgan fingerprint density at radius 3 is 3.12 bits per heavy atom. The molecule has 0 saturated carbocycles. The minimum atomic E-state index is -1.01. The number of nitrogens with one attached hydrogen (secondary N) is 2. The van der Waals surface area contributed by atoms with Gasteiger partial charge >= 0.3 is 5.97 Å². The van der Waals surface area contributed by atoms with Gasteiger partial charge in [-0.1, -0.05) is 6.08 Å². The van der Waals surface area contributed by atoms with E-state index >= 15 is 0 Å². The van der Waals surface area contributed by atoms with Crippen LogP contribution in [0.1, 0.15) is 0 Å². The smallest absolute Gasteiger partial charge is 0.327 e. The number of carbonyl (C=O) groups is 1. The van der Waals surface area contributed by atoms with Crippen LogP contribution in [0.25, 0.3) is 0 Å². The summed E-state index contributed by atoms with van der Waals surface area (Å²) in [7, 11) is 0. The number of carboxylic acid groups (broad SMARTS) is 1. The minimum absolute atomic E-state index is 0.283. The summed E-state index contributed by atoms with van der Waals surface area (Å²) in [5, 5.41) is 22.1. The molecule has 0 radical (unpaired) electrons. The van der Waals surface area contributed by atoms with Crippen molar-refractivity contribution in [1.82, 2.24) is 20.3 Å². The Balaban J connectivity index is 2.48. The molecule has 0 aromatic carbocycles. The maximum atomic E-state index is 10.4. The van der Waals surface area contributed by atoms with Crippen LogP contribution >= 0.6 is 12.2 Å². The fourth-order valence-corrected chi connectivity index (χ4v) is 1.07. The average Bonchev–Trinajstić information content (AvgIpc) is 2.61. The van der Waals surface area contributed by atoms with E-state index in [1.54, 1.807) is 6.08 Å². The molecule has 1 rings (SSSR count). The Bertz CT molecular complexity index is 403. The molecule has 1 heterocycles. The van der Waals surface area contributed by atoms with Crippen LogP contribution in [-0.4, -0.2) is 37.7 Å². The fraction of sp³-hybridized carbons (Fsp3) is 0.250. The van der Waals surface area contributed by atoms with Gasteiger partial charge in [0.25, 0.3) is 0 Å². The standard InChI is InChI=1S/C8H11N5O2S/c1-2-3-9-8(16)11-6-4-10-13(12-6)5-7(14)15/h2,4H,1,3,5H2,(H,14,15)(H2,9,11,12,16). The molecule has 1 aromatic rings. The zero-order valence-electron chi connectivity index (χ0n) is 8.38. The number of carboxylic acids is 1. The second-order valence-corrected chi connectivity index (χ2v) is 3.19. The van der Waals surface area contributed by atoms with Crippen molar-refractivity contribution in [2.24, 2.45) is 0 Å². The number of hydrogen-bond donors (Lipinski definition) is 3. The van der Waals surface area contributed by atoms with E-state index in [1.807, 2.05) is 0 Å². The second-order valence-electron chi connectivity index (χ2n) is 2.78. The third kappa shape index (κ3) is 4.05. The summed E-state index contributed by atoms with van der Waals surface area (Å²) in [5.41, 5.74) is 0. The summed E-state index contributed by atoms with van der Waals surface area (Å²) in [5.74, 6) is -0.614. The van der Waals surface area contributed by atoms with Crippen LogP contribution in [0.2, 0.25) is 0 Å². The third-order valence-corrected chi connectivity index (χ3v) is 1.71. The molecule has 0 spiro atoms.